The Bertz CT molecular complexity index is 1220. The second-order valence-corrected chi connectivity index (χ2v) is 16.1. The standard InChI is InChI=1S/C48H87N5O9/c1-2-3-4-5-6-7-8-9-10-11-12-13-14-15-16-17-27-62-48-20-18-46(19-21-48)43-53-44-47(50-51-53)45-61-42-41-60-40-39-59-38-37-58-36-35-57-34-33-56-32-31-55-30-29-54-28-26-52-24-22-49-23-25-52/h18-21,44,49H,2-17,22-43,45H2,1H3. The van der Waals surface area contributed by atoms with Crippen LogP contribution in [0.4, 0.5) is 0 Å². The van der Waals surface area contributed by atoms with E-state index in [1.54, 1.807) is 0 Å². The zero-order valence-electron chi connectivity index (χ0n) is 38.9. The van der Waals surface area contributed by atoms with Crippen LogP contribution in [0.2, 0.25) is 0 Å². The molecule has 14 heteroatoms. The maximum absolute atomic E-state index is 6.00. The van der Waals surface area contributed by atoms with Gasteiger partial charge < -0.3 is 47.9 Å². The highest BCUT2D eigenvalue weighted by Crippen LogP contribution is 2.16. The largest absolute Gasteiger partial charge is 0.494 e. The van der Waals surface area contributed by atoms with E-state index in [0.29, 0.717) is 106 Å². The van der Waals surface area contributed by atoms with Crippen molar-refractivity contribution in [1.29, 1.82) is 0 Å². The van der Waals surface area contributed by atoms with Crippen molar-refractivity contribution in [1.82, 2.24) is 25.2 Å². The molecular weight excluding hydrogens is 791 g/mol. The Morgan fingerprint density at radius 1 is 0.484 bits per heavy atom. The molecule has 0 atom stereocenters. The number of nitrogens with zero attached hydrogens (tertiary/aromatic N) is 4. The van der Waals surface area contributed by atoms with Gasteiger partial charge in [0.25, 0.3) is 0 Å². The van der Waals surface area contributed by atoms with Gasteiger partial charge in [0.2, 0.25) is 0 Å². The minimum Gasteiger partial charge on any atom is -0.494 e. The summed E-state index contributed by atoms with van der Waals surface area (Å²) < 4.78 is 52.5. The fraction of sp³-hybridized carbons (Fsp3) is 0.833. The first kappa shape index (κ1) is 54.1. The summed E-state index contributed by atoms with van der Waals surface area (Å²) in [7, 11) is 0. The zero-order valence-corrected chi connectivity index (χ0v) is 38.9. The van der Waals surface area contributed by atoms with Crippen LogP contribution in [0.3, 0.4) is 0 Å². The molecule has 1 aliphatic heterocycles. The molecule has 0 amide bonds. The summed E-state index contributed by atoms with van der Waals surface area (Å²) in [4.78, 5) is 2.42. The summed E-state index contributed by atoms with van der Waals surface area (Å²) in [5.74, 6) is 0.924. The van der Waals surface area contributed by atoms with Crippen LogP contribution >= 0.6 is 0 Å². The Morgan fingerprint density at radius 3 is 1.37 bits per heavy atom. The van der Waals surface area contributed by atoms with Crippen molar-refractivity contribution < 1.29 is 42.6 Å². The van der Waals surface area contributed by atoms with Crippen LogP contribution in [0.15, 0.2) is 30.5 Å². The van der Waals surface area contributed by atoms with Gasteiger partial charge in [0.1, 0.15) is 11.4 Å². The molecule has 358 valence electrons. The lowest BCUT2D eigenvalue weighted by Crippen LogP contribution is -2.44. The van der Waals surface area contributed by atoms with Gasteiger partial charge in [0.05, 0.1) is 125 Å². The first-order chi connectivity index (χ1) is 30.8. The third-order valence-electron chi connectivity index (χ3n) is 10.7. The van der Waals surface area contributed by atoms with Gasteiger partial charge in [-0.2, -0.15) is 0 Å². The van der Waals surface area contributed by atoms with Gasteiger partial charge in [-0.1, -0.05) is 121 Å². The number of ether oxygens (including phenoxy) is 9. The van der Waals surface area contributed by atoms with Gasteiger partial charge in [-0.25, -0.2) is 4.68 Å². The van der Waals surface area contributed by atoms with Crippen LogP contribution in [0.1, 0.15) is 121 Å². The molecule has 0 unspecified atom stereocenters. The lowest BCUT2D eigenvalue weighted by molar-refractivity contribution is -0.0240. The highest BCUT2D eigenvalue weighted by molar-refractivity contribution is 5.27. The molecule has 0 aliphatic carbocycles. The fourth-order valence-corrected chi connectivity index (χ4v) is 7.04. The summed E-state index contributed by atoms with van der Waals surface area (Å²) in [5, 5.41) is 11.9. The molecule has 62 heavy (non-hydrogen) atoms. The average molecular weight is 878 g/mol. The van der Waals surface area contributed by atoms with E-state index in [2.05, 4.69) is 39.6 Å². The van der Waals surface area contributed by atoms with Crippen molar-refractivity contribution in [2.24, 2.45) is 0 Å². The van der Waals surface area contributed by atoms with Crippen molar-refractivity contribution >= 4 is 0 Å². The van der Waals surface area contributed by atoms with Crippen molar-refractivity contribution in [3.8, 4) is 5.75 Å². The molecule has 1 saturated heterocycles. The summed E-state index contributed by atoms with van der Waals surface area (Å²) in [5.41, 5.74) is 1.94. The second-order valence-electron chi connectivity index (χ2n) is 16.1. The van der Waals surface area contributed by atoms with E-state index in [1.165, 1.54) is 96.3 Å². The maximum atomic E-state index is 6.00. The Morgan fingerprint density at radius 2 is 0.903 bits per heavy atom. The number of nitrogens with one attached hydrogen (secondary N) is 1. The highest BCUT2D eigenvalue weighted by Gasteiger charge is 2.08. The summed E-state index contributed by atoms with van der Waals surface area (Å²) in [6.45, 7) is 17.6. The summed E-state index contributed by atoms with van der Waals surface area (Å²) >= 11 is 0. The third kappa shape index (κ3) is 32.4. The van der Waals surface area contributed by atoms with Crippen molar-refractivity contribution in [2.45, 2.75) is 123 Å². The average Bonchev–Trinajstić information content (AvgIpc) is 3.75. The van der Waals surface area contributed by atoms with Crippen LogP contribution in [0.25, 0.3) is 0 Å². The SMILES string of the molecule is CCCCCCCCCCCCCCCCCCOc1ccc(Cn2cc(COCCOCCOCCOCCOCCOCCOCCOCCN3CCNCC3)nn2)cc1. The van der Waals surface area contributed by atoms with Gasteiger partial charge in [-0.05, 0) is 24.1 Å². The topological polar surface area (TPSA) is 129 Å². The van der Waals surface area contributed by atoms with E-state index in [-0.39, 0.29) is 0 Å². The first-order valence-corrected chi connectivity index (χ1v) is 24.5. The van der Waals surface area contributed by atoms with E-state index < -0.39 is 0 Å². The normalized spacial score (nSPS) is 13.4. The molecule has 0 spiro atoms. The fourth-order valence-electron chi connectivity index (χ4n) is 7.04. The molecule has 1 aliphatic rings. The Balaban J connectivity index is 0.987. The molecule has 1 fully saturated rings. The van der Waals surface area contributed by atoms with Crippen LogP contribution in [0, 0.1) is 0 Å². The maximum Gasteiger partial charge on any atom is 0.119 e. The summed E-state index contributed by atoms with van der Waals surface area (Å²) in [6.07, 6.45) is 24.0. The molecule has 0 saturated carbocycles. The summed E-state index contributed by atoms with van der Waals surface area (Å²) in [6, 6.07) is 8.28. The van der Waals surface area contributed by atoms with Crippen LogP contribution in [0.5, 0.6) is 5.75 Å². The molecule has 14 nitrogen and oxygen atoms in total. The van der Waals surface area contributed by atoms with Gasteiger partial charge in [-0.15, -0.1) is 5.10 Å². The molecule has 0 radical (unpaired) electrons. The number of rotatable bonds is 46. The number of aromatic nitrogens is 3. The minimum absolute atomic E-state index is 0.392. The van der Waals surface area contributed by atoms with Crippen molar-refractivity contribution in [3.05, 3.63) is 41.7 Å². The monoisotopic (exact) mass is 878 g/mol. The number of benzene rings is 1. The molecule has 3 rings (SSSR count). The van der Waals surface area contributed by atoms with Crippen LogP contribution in [-0.4, -0.2) is 158 Å². The van der Waals surface area contributed by atoms with Crippen LogP contribution < -0.4 is 10.1 Å². The van der Waals surface area contributed by atoms with E-state index in [4.69, 9.17) is 42.6 Å². The Hall–Kier alpha value is -2.24. The molecule has 1 aromatic heterocycles. The lowest BCUT2D eigenvalue weighted by atomic mass is 10.0. The molecule has 0 bridgehead atoms. The van der Waals surface area contributed by atoms with E-state index in [9.17, 15) is 0 Å². The first-order valence-electron chi connectivity index (χ1n) is 24.5. The molecule has 1 aromatic carbocycles. The van der Waals surface area contributed by atoms with Crippen LogP contribution in [-0.2, 0) is 51.0 Å². The lowest BCUT2D eigenvalue weighted by Gasteiger charge is -2.26. The van der Waals surface area contributed by atoms with E-state index in [0.717, 1.165) is 69.4 Å². The highest BCUT2D eigenvalue weighted by atomic mass is 16.6. The smallest absolute Gasteiger partial charge is 0.119 e. The predicted molar refractivity (Wildman–Crippen MR) is 245 cm³/mol. The van der Waals surface area contributed by atoms with Gasteiger partial charge in [0, 0.05) is 32.7 Å². The molecule has 2 heterocycles. The Labute approximate surface area is 375 Å². The quantitative estimate of drug-likeness (QED) is 0.0660. The minimum atomic E-state index is 0.392. The van der Waals surface area contributed by atoms with Crippen molar-refractivity contribution in [3.63, 3.8) is 0 Å². The third-order valence-corrected chi connectivity index (χ3v) is 10.7. The zero-order chi connectivity index (χ0) is 43.5. The Kier molecular flexibility index (Phi) is 36.2. The van der Waals surface area contributed by atoms with Gasteiger partial charge >= 0.3 is 0 Å². The van der Waals surface area contributed by atoms with E-state index >= 15 is 0 Å². The number of hydrogen-bond acceptors (Lipinski definition) is 13. The predicted octanol–water partition coefficient (Wildman–Crippen LogP) is 7.50. The van der Waals surface area contributed by atoms with Gasteiger partial charge in [-0.3, -0.25) is 4.90 Å². The number of piperazine rings is 1. The molecule has 2 aromatic rings. The van der Waals surface area contributed by atoms with E-state index in [1.807, 2.05) is 23.0 Å². The second kappa shape index (κ2) is 41.5. The molecule has 1 N–H and O–H groups in total. The molecular formula is C48H87N5O9. The number of hydrogen-bond donors (Lipinski definition) is 1. The van der Waals surface area contributed by atoms with Crippen molar-refractivity contribution in [2.75, 3.05) is 138 Å². The number of unbranched alkanes of at least 4 members (excludes halogenated alkanes) is 15. The van der Waals surface area contributed by atoms with Gasteiger partial charge in [0.15, 0.2) is 0 Å².